The number of aryl methyl sites for hydroxylation is 1. The van der Waals surface area contributed by atoms with Gasteiger partial charge in [-0.1, -0.05) is 0 Å². The lowest BCUT2D eigenvalue weighted by molar-refractivity contribution is 0.252. The van der Waals surface area contributed by atoms with E-state index in [1.54, 1.807) is 4.57 Å². The van der Waals surface area contributed by atoms with Crippen molar-refractivity contribution >= 4 is 10.9 Å². The maximum absolute atomic E-state index is 14.8. The van der Waals surface area contributed by atoms with Gasteiger partial charge in [-0.25, -0.2) is 9.37 Å². The summed E-state index contributed by atoms with van der Waals surface area (Å²) >= 11 is 0. The number of rotatable bonds is 4. The quantitative estimate of drug-likeness (QED) is 0.646. The fraction of sp³-hybridized carbons (Fsp3) is 0.462. The second kappa shape index (κ2) is 8.09. The lowest BCUT2D eigenvalue weighted by Crippen LogP contribution is -2.30. The Morgan fingerprint density at radius 1 is 1.19 bits per heavy atom. The Labute approximate surface area is 187 Å². The Balaban J connectivity index is 1.82. The van der Waals surface area contributed by atoms with E-state index in [0.29, 0.717) is 23.3 Å². The van der Waals surface area contributed by atoms with Crippen molar-refractivity contribution in [3.05, 3.63) is 62.2 Å². The number of aromatic nitrogens is 2. The number of benzene rings is 1. The standard InChI is InChI=1S/C26H30FN3O2/c1-4-30-24(11-18-15(13-31)6-5-7-17(18)26(30)32)22-10-19-21(28-3)9-8-16-14(2)20(27)12-23(29-22)25(16)19/h10-12,15,21,28,31H,4-9,13H2,1-3H3. The Morgan fingerprint density at radius 2 is 2.00 bits per heavy atom. The minimum Gasteiger partial charge on any atom is -0.396 e. The van der Waals surface area contributed by atoms with Gasteiger partial charge in [-0.2, -0.15) is 0 Å². The zero-order valence-corrected chi connectivity index (χ0v) is 19.0. The van der Waals surface area contributed by atoms with Gasteiger partial charge in [-0.3, -0.25) is 4.79 Å². The molecule has 5 nitrogen and oxygen atoms in total. The molecule has 2 unspecified atom stereocenters. The minimum absolute atomic E-state index is 0.00892. The fourth-order valence-electron chi connectivity index (χ4n) is 5.76. The van der Waals surface area contributed by atoms with Crippen molar-refractivity contribution < 1.29 is 9.50 Å². The molecule has 2 N–H and O–H groups in total. The van der Waals surface area contributed by atoms with Crippen molar-refractivity contribution in [3.63, 3.8) is 0 Å². The van der Waals surface area contributed by atoms with E-state index in [1.165, 1.54) is 6.07 Å². The molecule has 1 aromatic carbocycles. The summed E-state index contributed by atoms with van der Waals surface area (Å²) in [6.45, 7) is 4.37. The van der Waals surface area contributed by atoms with Gasteiger partial charge in [0.15, 0.2) is 0 Å². The van der Waals surface area contributed by atoms with Crippen LogP contribution in [0.2, 0.25) is 0 Å². The number of aliphatic hydroxyl groups is 1. The lowest BCUT2D eigenvalue weighted by atomic mass is 9.82. The third-order valence-corrected chi connectivity index (χ3v) is 7.51. The zero-order valence-electron chi connectivity index (χ0n) is 19.0. The van der Waals surface area contributed by atoms with E-state index in [4.69, 9.17) is 4.98 Å². The highest BCUT2D eigenvalue weighted by atomic mass is 19.1. The van der Waals surface area contributed by atoms with Crippen molar-refractivity contribution in [1.29, 1.82) is 0 Å². The largest absolute Gasteiger partial charge is 0.396 e. The zero-order chi connectivity index (χ0) is 22.6. The molecule has 2 aliphatic carbocycles. The molecule has 5 rings (SSSR count). The third kappa shape index (κ3) is 3.11. The van der Waals surface area contributed by atoms with Crippen LogP contribution in [0.3, 0.4) is 0 Å². The smallest absolute Gasteiger partial charge is 0.254 e. The van der Waals surface area contributed by atoms with Gasteiger partial charge in [0.05, 0.1) is 16.9 Å². The van der Waals surface area contributed by atoms with Crippen molar-refractivity contribution in [1.82, 2.24) is 14.9 Å². The molecular weight excluding hydrogens is 405 g/mol. The summed E-state index contributed by atoms with van der Waals surface area (Å²) in [5.41, 5.74) is 6.71. The highest BCUT2D eigenvalue weighted by molar-refractivity contribution is 5.90. The summed E-state index contributed by atoms with van der Waals surface area (Å²) in [7, 11) is 1.95. The fourth-order valence-corrected chi connectivity index (χ4v) is 5.76. The number of fused-ring (bicyclic) bond motifs is 1. The van der Waals surface area contributed by atoms with E-state index < -0.39 is 0 Å². The summed E-state index contributed by atoms with van der Waals surface area (Å²) in [6, 6.07) is 5.81. The van der Waals surface area contributed by atoms with Crippen LogP contribution in [0.15, 0.2) is 23.0 Å². The van der Waals surface area contributed by atoms with Crippen molar-refractivity contribution in [2.45, 2.75) is 64.5 Å². The Morgan fingerprint density at radius 3 is 2.72 bits per heavy atom. The molecule has 0 radical (unpaired) electrons. The molecule has 0 spiro atoms. The highest BCUT2D eigenvalue weighted by Gasteiger charge is 2.28. The topological polar surface area (TPSA) is 67.2 Å². The number of nitrogens with one attached hydrogen (secondary N) is 1. The van der Waals surface area contributed by atoms with E-state index in [1.807, 2.05) is 27.0 Å². The molecule has 0 bridgehead atoms. The second-order valence-electron chi connectivity index (χ2n) is 9.12. The first-order valence-corrected chi connectivity index (χ1v) is 11.7. The van der Waals surface area contributed by atoms with E-state index in [0.717, 1.165) is 65.4 Å². The van der Waals surface area contributed by atoms with Crippen molar-refractivity contribution in [3.8, 4) is 11.4 Å². The van der Waals surface area contributed by atoms with Crippen LogP contribution in [-0.4, -0.2) is 28.3 Å². The summed E-state index contributed by atoms with van der Waals surface area (Å²) in [4.78, 5) is 18.3. The van der Waals surface area contributed by atoms with Crippen LogP contribution in [0.1, 0.15) is 66.0 Å². The first kappa shape index (κ1) is 21.3. The first-order chi connectivity index (χ1) is 15.5. The molecule has 32 heavy (non-hydrogen) atoms. The van der Waals surface area contributed by atoms with Gasteiger partial charge in [-0.05, 0) is 87.4 Å². The molecule has 2 heterocycles. The van der Waals surface area contributed by atoms with Gasteiger partial charge in [0.25, 0.3) is 5.56 Å². The van der Waals surface area contributed by atoms with Gasteiger partial charge in [-0.15, -0.1) is 0 Å². The Kier molecular flexibility index (Phi) is 5.38. The third-order valence-electron chi connectivity index (χ3n) is 7.51. The molecule has 3 aromatic rings. The van der Waals surface area contributed by atoms with Gasteiger partial charge < -0.3 is 15.0 Å². The Hall–Kier alpha value is -2.57. The Bertz CT molecular complexity index is 1280. The van der Waals surface area contributed by atoms with Gasteiger partial charge in [0, 0.05) is 42.1 Å². The number of aliphatic hydroxyl groups excluding tert-OH is 1. The highest BCUT2D eigenvalue weighted by Crippen LogP contribution is 2.40. The van der Waals surface area contributed by atoms with Crippen molar-refractivity contribution in [2.75, 3.05) is 13.7 Å². The van der Waals surface area contributed by atoms with Gasteiger partial charge in [0.1, 0.15) is 5.82 Å². The predicted molar refractivity (Wildman–Crippen MR) is 125 cm³/mol. The average Bonchev–Trinajstić information content (AvgIpc) is 2.81. The number of halogens is 1. The average molecular weight is 436 g/mol. The van der Waals surface area contributed by atoms with E-state index in [2.05, 4.69) is 11.4 Å². The maximum Gasteiger partial charge on any atom is 0.254 e. The predicted octanol–water partition coefficient (Wildman–Crippen LogP) is 4.15. The summed E-state index contributed by atoms with van der Waals surface area (Å²) < 4.78 is 16.5. The molecule has 6 heteroatoms. The normalized spacial score (nSPS) is 19.9. The maximum atomic E-state index is 14.8. The van der Waals surface area contributed by atoms with E-state index >= 15 is 0 Å². The number of pyridine rings is 2. The number of hydrogen-bond donors (Lipinski definition) is 2. The summed E-state index contributed by atoms with van der Waals surface area (Å²) in [5, 5.41) is 14.4. The molecule has 0 fully saturated rings. The van der Waals surface area contributed by atoms with Crippen LogP contribution in [0.25, 0.3) is 22.3 Å². The van der Waals surface area contributed by atoms with Crippen molar-refractivity contribution in [2.24, 2.45) is 0 Å². The molecule has 0 saturated carbocycles. The number of nitrogens with zero attached hydrogens (tertiary/aromatic N) is 2. The monoisotopic (exact) mass is 435 g/mol. The molecular formula is C26H30FN3O2. The van der Waals surface area contributed by atoms with Gasteiger partial charge in [0.2, 0.25) is 0 Å². The van der Waals surface area contributed by atoms with E-state index in [9.17, 15) is 14.3 Å². The molecule has 0 saturated heterocycles. The van der Waals surface area contributed by atoms with Crippen LogP contribution < -0.4 is 10.9 Å². The van der Waals surface area contributed by atoms with Crippen LogP contribution in [0.5, 0.6) is 0 Å². The molecule has 0 amide bonds. The van der Waals surface area contributed by atoms with Crippen LogP contribution in [-0.2, 0) is 19.4 Å². The molecule has 0 aliphatic heterocycles. The number of hydrogen-bond acceptors (Lipinski definition) is 4. The lowest BCUT2D eigenvalue weighted by Gasteiger charge is -2.28. The van der Waals surface area contributed by atoms with E-state index in [-0.39, 0.29) is 29.9 Å². The second-order valence-corrected chi connectivity index (χ2v) is 9.12. The molecule has 2 atom stereocenters. The summed E-state index contributed by atoms with van der Waals surface area (Å²) in [5.74, 6) is -0.253. The summed E-state index contributed by atoms with van der Waals surface area (Å²) in [6.07, 6.45) is 4.25. The first-order valence-electron chi connectivity index (χ1n) is 11.7. The molecule has 2 aliphatic rings. The SMILES string of the molecule is CCn1c(-c2cc3c4c(c(C)c(F)cc4n2)CCC3NC)cc2c(c1=O)CCCC2CO. The van der Waals surface area contributed by atoms with Crippen LogP contribution in [0, 0.1) is 12.7 Å². The molecule has 168 valence electrons. The minimum atomic E-state index is -0.232. The van der Waals surface area contributed by atoms with Crippen LogP contribution >= 0.6 is 0 Å². The molecule has 2 aromatic heterocycles. The van der Waals surface area contributed by atoms with Crippen LogP contribution in [0.4, 0.5) is 4.39 Å². The van der Waals surface area contributed by atoms with Gasteiger partial charge >= 0.3 is 0 Å².